The van der Waals surface area contributed by atoms with Gasteiger partial charge in [0.25, 0.3) is 0 Å². The SMILES string of the molecule is CC/C=C\C/C=C\C/C=C\C/C=C\C/C=C\C/C=C\C/C=C\C/C=C\CCCCC(=O)NC(COC1OC(CO)C(O)C(O)C1O)C(O)CCCCCC. The van der Waals surface area contributed by atoms with Crippen LogP contribution in [0, 0.1) is 0 Å². The van der Waals surface area contributed by atoms with Crippen LogP contribution >= 0.6 is 0 Å². The Morgan fingerprint density at radius 2 is 1.15 bits per heavy atom. The Bertz CT molecular complexity index is 1150. The number of carbonyl (C=O) groups excluding carboxylic acids is 1. The lowest BCUT2D eigenvalue weighted by Gasteiger charge is -2.40. The fourth-order valence-corrected chi connectivity index (χ4v) is 5.64. The molecule has 0 aromatic heterocycles. The van der Waals surface area contributed by atoms with E-state index in [-0.39, 0.29) is 12.5 Å². The van der Waals surface area contributed by atoms with Crippen LogP contribution in [0.4, 0.5) is 0 Å². The molecule has 6 N–H and O–H groups in total. The fourth-order valence-electron chi connectivity index (χ4n) is 5.64. The summed E-state index contributed by atoms with van der Waals surface area (Å²) in [5.74, 6) is -0.202. The third-order valence-corrected chi connectivity index (χ3v) is 8.95. The van der Waals surface area contributed by atoms with E-state index in [0.717, 1.165) is 89.9 Å². The van der Waals surface area contributed by atoms with E-state index in [0.29, 0.717) is 19.3 Å². The maximum Gasteiger partial charge on any atom is 0.220 e. The van der Waals surface area contributed by atoms with Gasteiger partial charge in [0, 0.05) is 6.42 Å². The van der Waals surface area contributed by atoms with Crippen molar-refractivity contribution in [1.29, 1.82) is 0 Å². The molecule has 9 heteroatoms. The maximum atomic E-state index is 12.8. The van der Waals surface area contributed by atoms with E-state index in [1.807, 2.05) is 0 Å². The van der Waals surface area contributed by atoms with Crippen molar-refractivity contribution in [3.05, 3.63) is 97.2 Å². The van der Waals surface area contributed by atoms with Crippen molar-refractivity contribution >= 4 is 5.91 Å². The summed E-state index contributed by atoms with van der Waals surface area (Å²) in [5, 5.41) is 53.6. The summed E-state index contributed by atoms with van der Waals surface area (Å²) in [5.41, 5.74) is 0. The van der Waals surface area contributed by atoms with Gasteiger partial charge in [-0.15, -0.1) is 0 Å². The van der Waals surface area contributed by atoms with Gasteiger partial charge in [-0.25, -0.2) is 0 Å². The molecule has 1 amide bonds. The zero-order valence-corrected chi connectivity index (χ0v) is 33.2. The van der Waals surface area contributed by atoms with Gasteiger partial charge in [0.15, 0.2) is 6.29 Å². The molecule has 306 valence electrons. The number of hydrogen-bond donors (Lipinski definition) is 6. The standard InChI is InChI=1S/C45H73NO8/c1-3-5-7-9-10-11-12-13-14-15-16-17-18-19-20-21-22-23-24-25-26-27-28-29-30-31-33-35-41(49)46-38(39(48)34-32-8-6-4-2)37-53-45-44(52)43(51)42(50)40(36-47)54-45/h5,7,10-11,13-14,16-17,19-20,22-23,25-26,28-29,38-40,42-45,47-48,50-52H,3-4,6,8-9,12,15,18,21,24,27,30-37H2,1-2H3,(H,46,49)/b7-5-,11-10-,14-13-,17-16-,20-19-,23-22-,26-25-,29-28-. The van der Waals surface area contributed by atoms with Gasteiger partial charge in [-0.3, -0.25) is 4.79 Å². The van der Waals surface area contributed by atoms with Crippen molar-refractivity contribution in [1.82, 2.24) is 5.32 Å². The number of carbonyl (C=O) groups is 1. The van der Waals surface area contributed by atoms with Crippen LogP contribution in [-0.4, -0.2) is 87.5 Å². The molecule has 1 aliphatic rings. The fraction of sp³-hybridized carbons (Fsp3) is 0.622. The highest BCUT2D eigenvalue weighted by molar-refractivity contribution is 5.76. The van der Waals surface area contributed by atoms with E-state index in [9.17, 15) is 30.3 Å². The van der Waals surface area contributed by atoms with Crippen molar-refractivity contribution in [3.63, 3.8) is 0 Å². The van der Waals surface area contributed by atoms with Crippen molar-refractivity contribution < 1.29 is 39.8 Å². The average Bonchev–Trinajstić information content (AvgIpc) is 3.17. The van der Waals surface area contributed by atoms with Crippen molar-refractivity contribution in [3.8, 4) is 0 Å². The molecule has 0 aromatic rings. The van der Waals surface area contributed by atoms with Crippen molar-refractivity contribution in [2.24, 2.45) is 0 Å². The average molecular weight is 756 g/mol. The lowest BCUT2D eigenvalue weighted by atomic mass is 9.99. The van der Waals surface area contributed by atoms with E-state index >= 15 is 0 Å². The van der Waals surface area contributed by atoms with Crippen LogP contribution in [0.1, 0.15) is 123 Å². The van der Waals surface area contributed by atoms with Gasteiger partial charge in [-0.05, 0) is 77.0 Å². The minimum absolute atomic E-state index is 0.167. The second-order valence-electron chi connectivity index (χ2n) is 13.7. The van der Waals surface area contributed by atoms with E-state index in [4.69, 9.17) is 9.47 Å². The Morgan fingerprint density at radius 1 is 0.648 bits per heavy atom. The molecule has 1 aliphatic heterocycles. The first-order valence-corrected chi connectivity index (χ1v) is 20.4. The van der Waals surface area contributed by atoms with Crippen LogP contribution in [0.25, 0.3) is 0 Å². The van der Waals surface area contributed by atoms with Gasteiger partial charge in [0.05, 0.1) is 25.4 Å². The summed E-state index contributed by atoms with van der Waals surface area (Å²) in [4.78, 5) is 12.8. The number of allylic oxidation sites excluding steroid dienone is 16. The highest BCUT2D eigenvalue weighted by Crippen LogP contribution is 2.22. The number of hydrogen-bond acceptors (Lipinski definition) is 8. The molecular formula is C45H73NO8. The largest absolute Gasteiger partial charge is 0.394 e. The van der Waals surface area contributed by atoms with Gasteiger partial charge in [0.2, 0.25) is 5.91 Å². The Balaban J connectivity index is 2.24. The third-order valence-electron chi connectivity index (χ3n) is 8.95. The minimum atomic E-state index is -1.56. The summed E-state index contributed by atoms with van der Waals surface area (Å²) in [6, 6.07) is -0.744. The molecule has 9 nitrogen and oxygen atoms in total. The molecule has 7 atom stereocenters. The molecular weight excluding hydrogens is 682 g/mol. The molecule has 1 saturated heterocycles. The van der Waals surface area contributed by atoms with Crippen LogP contribution in [0.15, 0.2) is 97.2 Å². The first-order valence-electron chi connectivity index (χ1n) is 20.4. The zero-order valence-electron chi connectivity index (χ0n) is 33.2. The highest BCUT2D eigenvalue weighted by atomic mass is 16.7. The Hall–Kier alpha value is -2.89. The highest BCUT2D eigenvalue weighted by Gasteiger charge is 2.44. The second-order valence-corrected chi connectivity index (χ2v) is 13.7. The number of aliphatic hydroxyl groups is 5. The summed E-state index contributed by atoms with van der Waals surface area (Å²) in [6.45, 7) is 3.52. The smallest absolute Gasteiger partial charge is 0.220 e. The number of amides is 1. The van der Waals surface area contributed by atoms with Crippen LogP contribution in [0.3, 0.4) is 0 Å². The first-order chi connectivity index (χ1) is 26.3. The van der Waals surface area contributed by atoms with E-state index in [1.54, 1.807) is 0 Å². The monoisotopic (exact) mass is 756 g/mol. The predicted molar refractivity (Wildman–Crippen MR) is 221 cm³/mol. The summed E-state index contributed by atoms with van der Waals surface area (Å²) < 4.78 is 11.1. The molecule has 0 radical (unpaired) electrons. The predicted octanol–water partition coefficient (Wildman–Crippen LogP) is 7.77. The molecule has 0 bridgehead atoms. The molecule has 0 saturated carbocycles. The van der Waals surface area contributed by atoms with Gasteiger partial charge < -0.3 is 40.3 Å². The minimum Gasteiger partial charge on any atom is -0.394 e. The molecule has 0 aromatic carbocycles. The van der Waals surface area contributed by atoms with Gasteiger partial charge in [0.1, 0.15) is 24.4 Å². The lowest BCUT2D eigenvalue weighted by molar-refractivity contribution is -0.302. The number of aliphatic hydroxyl groups excluding tert-OH is 5. The van der Waals surface area contributed by atoms with Gasteiger partial charge >= 0.3 is 0 Å². The van der Waals surface area contributed by atoms with Gasteiger partial charge in [-0.2, -0.15) is 0 Å². The Labute approximate surface area is 326 Å². The van der Waals surface area contributed by atoms with Crippen LogP contribution < -0.4 is 5.32 Å². The first kappa shape index (κ1) is 49.1. The molecule has 1 fully saturated rings. The molecule has 0 aliphatic carbocycles. The maximum absolute atomic E-state index is 12.8. The summed E-state index contributed by atoms with van der Waals surface area (Å²) >= 11 is 0. The Kier molecular flexibility index (Phi) is 31.5. The molecule has 1 rings (SSSR count). The molecule has 7 unspecified atom stereocenters. The van der Waals surface area contributed by atoms with Crippen molar-refractivity contribution in [2.75, 3.05) is 13.2 Å². The number of unbranched alkanes of at least 4 members (excludes halogenated alkanes) is 5. The summed E-state index contributed by atoms with van der Waals surface area (Å²) in [7, 11) is 0. The quantitative estimate of drug-likeness (QED) is 0.0311. The number of nitrogens with one attached hydrogen (secondary N) is 1. The molecule has 54 heavy (non-hydrogen) atoms. The van der Waals surface area contributed by atoms with Crippen LogP contribution in [0.5, 0.6) is 0 Å². The van der Waals surface area contributed by atoms with Crippen LogP contribution in [-0.2, 0) is 14.3 Å². The number of ether oxygens (including phenoxy) is 2. The molecule has 1 heterocycles. The zero-order chi connectivity index (χ0) is 39.5. The number of rotatable bonds is 31. The normalized spacial score (nSPS) is 22.5. The molecule has 0 spiro atoms. The lowest BCUT2D eigenvalue weighted by Crippen LogP contribution is -2.60. The van der Waals surface area contributed by atoms with Crippen molar-refractivity contribution in [2.45, 2.75) is 166 Å². The third kappa shape index (κ3) is 25.2. The topological polar surface area (TPSA) is 149 Å². The van der Waals surface area contributed by atoms with E-state index in [2.05, 4.69) is 116 Å². The van der Waals surface area contributed by atoms with Crippen LogP contribution in [0.2, 0.25) is 0 Å². The van der Waals surface area contributed by atoms with Gasteiger partial charge in [-0.1, -0.05) is 137 Å². The summed E-state index contributed by atoms with van der Waals surface area (Å²) in [6.07, 6.45) is 42.0. The second kappa shape index (κ2) is 34.6. The van der Waals surface area contributed by atoms with E-state index in [1.165, 1.54) is 0 Å². The van der Waals surface area contributed by atoms with E-state index < -0.39 is 49.5 Å². The Morgan fingerprint density at radius 3 is 1.63 bits per heavy atom.